The number of rotatable bonds is 5. The van der Waals surface area contributed by atoms with Crippen molar-refractivity contribution in [2.45, 2.75) is 6.92 Å². The molecule has 0 aliphatic rings. The van der Waals surface area contributed by atoms with Gasteiger partial charge in [-0.05, 0) is 19.1 Å². The van der Waals surface area contributed by atoms with Crippen molar-refractivity contribution in [2.24, 2.45) is 0 Å². The number of aryl methyl sites for hydroxylation is 1. The molecule has 2 heterocycles. The third-order valence-corrected chi connectivity index (χ3v) is 4.24. The summed E-state index contributed by atoms with van der Waals surface area (Å²) in [6, 6.07) is 13.4. The normalized spacial score (nSPS) is 10.9. The van der Waals surface area contributed by atoms with E-state index < -0.39 is 0 Å². The molecule has 0 spiro atoms. The van der Waals surface area contributed by atoms with Crippen LogP contribution in [0.1, 0.15) is 5.69 Å². The Morgan fingerprint density at radius 1 is 1.07 bits per heavy atom. The van der Waals surface area contributed by atoms with E-state index in [-0.39, 0.29) is 5.56 Å². The fourth-order valence-electron chi connectivity index (χ4n) is 2.92. The highest BCUT2D eigenvalue weighted by atomic mass is 16.5. The summed E-state index contributed by atoms with van der Waals surface area (Å²) in [6.07, 6.45) is 1.61. The van der Waals surface area contributed by atoms with Gasteiger partial charge in [0.05, 0.1) is 0 Å². The Bertz CT molecular complexity index is 1190. The lowest BCUT2D eigenvalue weighted by Crippen LogP contribution is -2.12. The van der Waals surface area contributed by atoms with Crippen molar-refractivity contribution >= 4 is 35.2 Å². The zero-order chi connectivity index (χ0) is 18.8. The van der Waals surface area contributed by atoms with E-state index in [1.807, 2.05) is 36.4 Å². The van der Waals surface area contributed by atoms with Crippen LogP contribution in [0.5, 0.6) is 11.5 Å². The number of ether oxygens (including phenoxy) is 1. The molecule has 0 bridgehead atoms. The number of H-pyrrole nitrogens is 1. The highest BCUT2D eigenvalue weighted by Gasteiger charge is 2.12. The van der Waals surface area contributed by atoms with Crippen molar-refractivity contribution in [3.63, 3.8) is 0 Å². The maximum Gasteiger partial charge on any atom is 0.393 e. The van der Waals surface area contributed by atoms with Crippen LogP contribution in [-0.2, 0) is 4.65 Å². The molecule has 4 aromatic rings. The second-order valence-corrected chi connectivity index (χ2v) is 6.03. The Balaban J connectivity index is 1.82. The quantitative estimate of drug-likeness (QED) is 0.532. The van der Waals surface area contributed by atoms with Crippen LogP contribution in [0, 0.1) is 6.92 Å². The minimum Gasteiger partial charge on any atom is -0.454 e. The zero-order valence-corrected chi connectivity index (χ0v) is 14.9. The number of pyridine rings is 1. The number of hydrogen-bond acceptors (Lipinski definition) is 6. The molecule has 2 aromatic carbocycles. The van der Waals surface area contributed by atoms with E-state index in [0.29, 0.717) is 36.0 Å². The smallest absolute Gasteiger partial charge is 0.393 e. The summed E-state index contributed by atoms with van der Waals surface area (Å²) in [6.45, 7) is 1.65. The number of aromatic nitrogens is 3. The van der Waals surface area contributed by atoms with Crippen molar-refractivity contribution in [1.29, 1.82) is 0 Å². The summed E-state index contributed by atoms with van der Waals surface area (Å²) in [5.41, 5.74) is 1.96. The maximum atomic E-state index is 12.0. The Morgan fingerprint density at radius 3 is 2.70 bits per heavy atom. The van der Waals surface area contributed by atoms with E-state index in [1.54, 1.807) is 26.3 Å². The summed E-state index contributed by atoms with van der Waals surface area (Å²) in [4.78, 5) is 23.2. The summed E-state index contributed by atoms with van der Waals surface area (Å²) in [5, 5.41) is 5.17. The third kappa shape index (κ3) is 3.22. The number of benzene rings is 2. The van der Waals surface area contributed by atoms with Gasteiger partial charge in [0.15, 0.2) is 11.4 Å². The number of nitrogens with one attached hydrogen (secondary N) is 2. The summed E-state index contributed by atoms with van der Waals surface area (Å²) in [7, 11) is 2.04. The molecule has 8 heteroatoms. The molecule has 0 saturated heterocycles. The Kier molecular flexibility index (Phi) is 4.47. The van der Waals surface area contributed by atoms with E-state index in [4.69, 9.17) is 9.39 Å². The average molecular weight is 360 g/mol. The topological polar surface area (TPSA) is 89.1 Å². The first-order chi connectivity index (χ1) is 13.2. The molecule has 0 saturated carbocycles. The van der Waals surface area contributed by atoms with Gasteiger partial charge in [0, 0.05) is 35.8 Å². The van der Waals surface area contributed by atoms with Gasteiger partial charge in [0.25, 0.3) is 5.56 Å². The SMILES string of the molecule is COBNc1ccc(Oc2ccnc3nc(C)c(=O)[nH]c23)c2ccccc12. The molecule has 2 aromatic heterocycles. The van der Waals surface area contributed by atoms with Crippen LogP contribution in [0.25, 0.3) is 21.9 Å². The Hall–Kier alpha value is -3.39. The molecule has 4 rings (SSSR count). The van der Waals surface area contributed by atoms with E-state index in [9.17, 15) is 4.79 Å². The van der Waals surface area contributed by atoms with Gasteiger partial charge < -0.3 is 19.6 Å². The molecule has 0 aliphatic heterocycles. The molecule has 0 amide bonds. The molecule has 7 nitrogen and oxygen atoms in total. The highest BCUT2D eigenvalue weighted by Crippen LogP contribution is 2.35. The van der Waals surface area contributed by atoms with Crippen LogP contribution in [0.2, 0.25) is 0 Å². The molecule has 27 heavy (non-hydrogen) atoms. The number of fused-ring (bicyclic) bond motifs is 2. The van der Waals surface area contributed by atoms with Gasteiger partial charge in [-0.15, -0.1) is 0 Å². The summed E-state index contributed by atoms with van der Waals surface area (Å²) in [5.74, 6) is 1.16. The fraction of sp³-hybridized carbons (Fsp3) is 0.105. The van der Waals surface area contributed by atoms with E-state index in [2.05, 4.69) is 20.2 Å². The van der Waals surface area contributed by atoms with Crippen molar-refractivity contribution in [3.8, 4) is 11.5 Å². The van der Waals surface area contributed by atoms with Gasteiger partial charge in [-0.2, -0.15) is 0 Å². The molecular formula is C19H17BN4O3. The van der Waals surface area contributed by atoms with Gasteiger partial charge in [-0.25, -0.2) is 9.97 Å². The molecule has 0 aliphatic carbocycles. The number of hydrogen-bond donors (Lipinski definition) is 2. The number of aromatic amines is 1. The molecule has 134 valence electrons. The van der Waals surface area contributed by atoms with Crippen LogP contribution in [0.3, 0.4) is 0 Å². The predicted octanol–water partition coefficient (Wildman–Crippen LogP) is 2.90. The summed E-state index contributed by atoms with van der Waals surface area (Å²) >= 11 is 0. The number of nitrogens with zero attached hydrogens (tertiary/aromatic N) is 2. The monoisotopic (exact) mass is 360 g/mol. The second-order valence-electron chi connectivity index (χ2n) is 6.03. The zero-order valence-electron chi connectivity index (χ0n) is 14.9. The lowest BCUT2D eigenvalue weighted by atomic mass is 10.1. The van der Waals surface area contributed by atoms with Crippen LogP contribution >= 0.6 is 0 Å². The fourth-order valence-corrected chi connectivity index (χ4v) is 2.92. The lowest BCUT2D eigenvalue weighted by Gasteiger charge is -2.14. The standard InChI is InChI=1S/C19H17BN4O3/c1-11-19(25)23-17-16(9-10-21-18(17)22-11)27-15-8-7-14(24-20-26-2)12-5-3-4-6-13(12)15/h3-10,20,24H,1-2H3,(H,23,25). The molecule has 2 N–H and O–H groups in total. The first-order valence-electron chi connectivity index (χ1n) is 8.45. The molecule has 0 atom stereocenters. The van der Waals surface area contributed by atoms with Crippen molar-refractivity contribution in [1.82, 2.24) is 15.0 Å². The largest absolute Gasteiger partial charge is 0.454 e. The van der Waals surface area contributed by atoms with Gasteiger partial charge in [0.2, 0.25) is 0 Å². The van der Waals surface area contributed by atoms with Gasteiger partial charge in [0.1, 0.15) is 17.0 Å². The Morgan fingerprint density at radius 2 is 1.89 bits per heavy atom. The minimum absolute atomic E-state index is 0.260. The summed E-state index contributed by atoms with van der Waals surface area (Å²) < 4.78 is 11.2. The highest BCUT2D eigenvalue weighted by molar-refractivity contribution is 6.33. The lowest BCUT2D eigenvalue weighted by molar-refractivity contribution is 0.446. The van der Waals surface area contributed by atoms with Gasteiger partial charge in [-0.1, -0.05) is 24.3 Å². The van der Waals surface area contributed by atoms with E-state index >= 15 is 0 Å². The molecular weight excluding hydrogens is 343 g/mol. The molecule has 0 radical (unpaired) electrons. The van der Waals surface area contributed by atoms with Crippen LogP contribution in [-0.4, -0.2) is 29.7 Å². The van der Waals surface area contributed by atoms with Crippen LogP contribution in [0.4, 0.5) is 5.69 Å². The van der Waals surface area contributed by atoms with Gasteiger partial charge in [-0.3, -0.25) is 4.79 Å². The van der Waals surface area contributed by atoms with Crippen LogP contribution < -0.4 is 15.5 Å². The maximum absolute atomic E-state index is 12.0. The van der Waals surface area contributed by atoms with E-state index in [1.165, 1.54) is 0 Å². The third-order valence-electron chi connectivity index (χ3n) is 4.24. The average Bonchev–Trinajstić information content (AvgIpc) is 2.69. The molecule has 0 unspecified atom stereocenters. The second kappa shape index (κ2) is 7.09. The molecule has 0 fully saturated rings. The minimum atomic E-state index is -0.260. The van der Waals surface area contributed by atoms with E-state index in [0.717, 1.165) is 16.5 Å². The predicted molar refractivity (Wildman–Crippen MR) is 107 cm³/mol. The van der Waals surface area contributed by atoms with Crippen molar-refractivity contribution in [2.75, 3.05) is 12.3 Å². The van der Waals surface area contributed by atoms with Crippen molar-refractivity contribution in [3.05, 3.63) is 64.7 Å². The first-order valence-corrected chi connectivity index (χ1v) is 8.45. The Labute approximate surface area is 155 Å². The first kappa shape index (κ1) is 17.1. The van der Waals surface area contributed by atoms with Crippen LogP contribution in [0.15, 0.2) is 53.5 Å². The van der Waals surface area contributed by atoms with Gasteiger partial charge >= 0.3 is 7.62 Å². The van der Waals surface area contributed by atoms with Crippen molar-refractivity contribution < 1.29 is 9.39 Å². The number of anilines is 1.